The highest BCUT2D eigenvalue weighted by atomic mass is 16.2. The lowest BCUT2D eigenvalue weighted by Crippen LogP contribution is -2.64. The van der Waals surface area contributed by atoms with Gasteiger partial charge in [0.25, 0.3) is 5.91 Å². The first-order valence-corrected chi connectivity index (χ1v) is 9.65. The van der Waals surface area contributed by atoms with Crippen LogP contribution >= 0.6 is 0 Å². The van der Waals surface area contributed by atoms with Crippen LogP contribution in [-0.2, 0) is 14.4 Å². The Labute approximate surface area is 172 Å². The van der Waals surface area contributed by atoms with Crippen molar-refractivity contribution in [2.24, 2.45) is 5.41 Å². The zero-order valence-electron chi connectivity index (χ0n) is 16.2. The first-order valence-electron chi connectivity index (χ1n) is 9.65. The van der Waals surface area contributed by atoms with E-state index in [2.05, 4.69) is 37.3 Å². The van der Waals surface area contributed by atoms with Crippen molar-refractivity contribution in [1.29, 1.82) is 5.26 Å². The van der Waals surface area contributed by atoms with Gasteiger partial charge in [0.1, 0.15) is 11.2 Å². The average Bonchev–Trinajstić information content (AvgIpc) is 3.40. The molecule has 1 saturated heterocycles. The van der Waals surface area contributed by atoms with Crippen LogP contribution < -0.4 is 21.3 Å². The molecule has 3 aliphatic rings. The second kappa shape index (κ2) is 7.05. The second-order valence-corrected chi connectivity index (χ2v) is 8.34. The molecule has 2 heterocycles. The van der Waals surface area contributed by atoms with E-state index in [1.807, 2.05) is 0 Å². The number of nitrogens with one attached hydrogen (secondary N) is 4. The highest BCUT2D eigenvalue weighted by Gasteiger charge is 2.68. The molecule has 0 bridgehead atoms. The summed E-state index contributed by atoms with van der Waals surface area (Å²) in [4.78, 5) is 55.8. The quantitative estimate of drug-likeness (QED) is 0.443. The number of hydrogen-bond acceptors (Lipinski definition) is 7. The van der Waals surface area contributed by atoms with Crippen molar-refractivity contribution in [2.75, 3.05) is 13.1 Å². The first-order chi connectivity index (χ1) is 14.3. The molecule has 1 aromatic rings. The molecule has 4 rings (SSSR count). The molecule has 4 N–H and O–H groups in total. The molecule has 11 heteroatoms. The lowest BCUT2D eigenvalue weighted by atomic mass is 9.56. The van der Waals surface area contributed by atoms with Crippen molar-refractivity contribution in [3.63, 3.8) is 0 Å². The Kier molecular flexibility index (Phi) is 4.64. The van der Waals surface area contributed by atoms with E-state index in [4.69, 9.17) is 0 Å². The van der Waals surface area contributed by atoms with E-state index in [0.717, 1.165) is 12.8 Å². The van der Waals surface area contributed by atoms with Crippen LogP contribution in [0.25, 0.3) is 0 Å². The fourth-order valence-electron chi connectivity index (χ4n) is 4.40. The summed E-state index contributed by atoms with van der Waals surface area (Å²) in [6, 6.07) is 2.12. The summed E-state index contributed by atoms with van der Waals surface area (Å²) >= 11 is 0. The molecule has 3 fully saturated rings. The molecule has 1 aliphatic heterocycles. The predicted molar refractivity (Wildman–Crippen MR) is 100 cm³/mol. The number of rotatable bonds is 6. The number of carbonyl (C=O) groups excluding carboxylic acids is 4. The van der Waals surface area contributed by atoms with E-state index >= 15 is 0 Å². The highest BCUT2D eigenvalue weighted by Crippen LogP contribution is 2.61. The van der Waals surface area contributed by atoms with Gasteiger partial charge in [-0.3, -0.25) is 24.2 Å². The highest BCUT2D eigenvalue weighted by molar-refractivity contribution is 5.95. The summed E-state index contributed by atoms with van der Waals surface area (Å²) in [5.74, 6) is -1.69. The number of hydrogen-bond donors (Lipinski definition) is 4. The fraction of sp³-hybridized carbons (Fsp3) is 0.526. The van der Waals surface area contributed by atoms with Gasteiger partial charge in [0, 0.05) is 17.9 Å². The monoisotopic (exact) mass is 411 g/mol. The third-order valence-electron chi connectivity index (χ3n) is 5.92. The number of nitrogens with zero attached hydrogens (tertiary/aromatic N) is 3. The SMILES string of the molecule is N#CC1(NC(=O)CNC(=O)CNC(=O)c2cnccn2)CC2(C1)CC1(CC1)NC2=O. The van der Waals surface area contributed by atoms with Gasteiger partial charge in [-0.15, -0.1) is 0 Å². The normalized spacial score (nSPS) is 27.5. The Morgan fingerprint density at radius 2 is 1.83 bits per heavy atom. The number of aromatic nitrogens is 2. The van der Waals surface area contributed by atoms with Crippen LogP contribution in [-0.4, -0.2) is 57.8 Å². The van der Waals surface area contributed by atoms with E-state index in [-0.39, 0.29) is 43.1 Å². The fourth-order valence-corrected chi connectivity index (χ4v) is 4.40. The Morgan fingerprint density at radius 3 is 2.43 bits per heavy atom. The van der Waals surface area contributed by atoms with E-state index in [1.165, 1.54) is 18.6 Å². The van der Waals surface area contributed by atoms with Gasteiger partial charge in [-0.25, -0.2) is 4.98 Å². The van der Waals surface area contributed by atoms with Crippen LogP contribution in [0.4, 0.5) is 0 Å². The summed E-state index contributed by atoms with van der Waals surface area (Å²) in [6.45, 7) is -0.677. The van der Waals surface area contributed by atoms with Gasteiger partial charge in [0.05, 0.1) is 30.8 Å². The minimum atomic E-state index is -1.10. The molecule has 0 atom stereocenters. The second-order valence-electron chi connectivity index (χ2n) is 8.34. The van der Waals surface area contributed by atoms with Crippen LogP contribution in [0, 0.1) is 16.7 Å². The number of carbonyl (C=O) groups is 4. The molecule has 0 aromatic carbocycles. The predicted octanol–water partition coefficient (Wildman–Crippen LogP) is -1.47. The molecule has 2 spiro atoms. The molecule has 2 aliphatic carbocycles. The molecule has 156 valence electrons. The Hall–Kier alpha value is -3.55. The van der Waals surface area contributed by atoms with Crippen LogP contribution in [0.3, 0.4) is 0 Å². The molecule has 11 nitrogen and oxygen atoms in total. The maximum atomic E-state index is 12.3. The Bertz CT molecular complexity index is 945. The van der Waals surface area contributed by atoms with Crippen LogP contribution in [0.5, 0.6) is 0 Å². The first kappa shape index (κ1) is 19.8. The van der Waals surface area contributed by atoms with E-state index in [9.17, 15) is 24.4 Å². The molecule has 30 heavy (non-hydrogen) atoms. The summed E-state index contributed by atoms with van der Waals surface area (Å²) < 4.78 is 0. The van der Waals surface area contributed by atoms with Gasteiger partial charge in [-0.05, 0) is 32.1 Å². The van der Waals surface area contributed by atoms with Crippen LogP contribution in [0.1, 0.15) is 42.6 Å². The van der Waals surface area contributed by atoms with Crippen molar-refractivity contribution in [3.05, 3.63) is 24.3 Å². The Morgan fingerprint density at radius 1 is 1.10 bits per heavy atom. The topological polar surface area (TPSA) is 166 Å². The molecule has 0 radical (unpaired) electrons. The largest absolute Gasteiger partial charge is 0.350 e. The smallest absolute Gasteiger partial charge is 0.271 e. The zero-order valence-corrected chi connectivity index (χ0v) is 16.2. The Balaban J connectivity index is 1.21. The number of nitriles is 1. The molecular formula is C19H21N7O4. The molecule has 4 amide bonds. The summed E-state index contributed by atoms with van der Waals surface area (Å²) in [7, 11) is 0. The molecule has 2 saturated carbocycles. The zero-order chi connectivity index (χ0) is 21.4. The van der Waals surface area contributed by atoms with Gasteiger partial charge in [-0.1, -0.05) is 0 Å². The number of amides is 4. The van der Waals surface area contributed by atoms with Crippen molar-refractivity contribution in [2.45, 2.75) is 43.2 Å². The van der Waals surface area contributed by atoms with Gasteiger partial charge >= 0.3 is 0 Å². The van der Waals surface area contributed by atoms with Gasteiger partial charge < -0.3 is 21.3 Å². The van der Waals surface area contributed by atoms with Gasteiger partial charge in [-0.2, -0.15) is 5.26 Å². The van der Waals surface area contributed by atoms with Crippen molar-refractivity contribution in [3.8, 4) is 6.07 Å². The van der Waals surface area contributed by atoms with Crippen molar-refractivity contribution in [1.82, 2.24) is 31.2 Å². The summed E-state index contributed by atoms with van der Waals surface area (Å²) in [5, 5.41) is 20.0. The third-order valence-corrected chi connectivity index (χ3v) is 5.92. The molecule has 1 aromatic heterocycles. The van der Waals surface area contributed by atoms with E-state index in [1.54, 1.807) is 0 Å². The minimum absolute atomic E-state index is 0.0349. The van der Waals surface area contributed by atoms with Crippen molar-refractivity contribution < 1.29 is 19.2 Å². The van der Waals surface area contributed by atoms with E-state index < -0.39 is 28.7 Å². The summed E-state index contributed by atoms with van der Waals surface area (Å²) in [5.41, 5.74) is -1.69. The van der Waals surface area contributed by atoms with Gasteiger partial charge in [0.2, 0.25) is 17.7 Å². The van der Waals surface area contributed by atoms with Crippen molar-refractivity contribution >= 4 is 23.6 Å². The minimum Gasteiger partial charge on any atom is -0.350 e. The standard InChI is InChI=1S/C19H21N7O4/c20-11-19(9-17(10-19)8-18(1-2-18)26-16(17)30)25-14(28)7-23-13(27)6-24-15(29)12-5-21-3-4-22-12/h3-5H,1-2,6-10H2,(H,23,27)(H,24,29)(H,25,28)(H,26,30). The maximum Gasteiger partial charge on any atom is 0.271 e. The van der Waals surface area contributed by atoms with Crippen LogP contribution in [0.2, 0.25) is 0 Å². The third kappa shape index (κ3) is 3.68. The average molecular weight is 411 g/mol. The summed E-state index contributed by atoms with van der Waals surface area (Å²) in [6.07, 6.45) is 7.23. The lowest BCUT2D eigenvalue weighted by molar-refractivity contribution is -0.138. The lowest BCUT2D eigenvalue weighted by Gasteiger charge is -2.49. The maximum absolute atomic E-state index is 12.3. The van der Waals surface area contributed by atoms with E-state index in [0.29, 0.717) is 6.42 Å². The van der Waals surface area contributed by atoms with Crippen LogP contribution in [0.15, 0.2) is 18.6 Å². The van der Waals surface area contributed by atoms with Gasteiger partial charge in [0.15, 0.2) is 0 Å². The molecular weight excluding hydrogens is 390 g/mol. The molecule has 0 unspecified atom stereocenters.